The fourth-order valence-electron chi connectivity index (χ4n) is 2.66. The number of amides is 1. The van der Waals surface area contributed by atoms with E-state index in [-0.39, 0.29) is 11.9 Å². The maximum atomic E-state index is 12.8. The van der Waals surface area contributed by atoms with E-state index >= 15 is 0 Å². The lowest BCUT2D eigenvalue weighted by Crippen LogP contribution is -2.48. The highest BCUT2D eigenvalue weighted by Crippen LogP contribution is 2.23. The minimum Gasteiger partial charge on any atom is -0.329 e. The number of pyridine rings is 2. The van der Waals surface area contributed by atoms with Gasteiger partial charge in [0.15, 0.2) is 0 Å². The quantitative estimate of drug-likeness (QED) is 0.908. The van der Waals surface area contributed by atoms with Crippen molar-refractivity contribution in [3.63, 3.8) is 0 Å². The third-order valence-corrected chi connectivity index (χ3v) is 3.70. The van der Waals surface area contributed by atoms with Gasteiger partial charge < -0.3 is 10.2 Å². The van der Waals surface area contributed by atoms with Crippen LogP contribution >= 0.6 is 0 Å². The van der Waals surface area contributed by atoms with Crippen LogP contribution in [0.2, 0.25) is 0 Å². The van der Waals surface area contributed by atoms with Crippen molar-refractivity contribution in [2.24, 2.45) is 0 Å². The van der Waals surface area contributed by atoms with E-state index in [1.165, 1.54) is 0 Å². The highest BCUT2D eigenvalue weighted by molar-refractivity contribution is 5.94. The van der Waals surface area contributed by atoms with E-state index in [4.69, 9.17) is 0 Å². The summed E-state index contributed by atoms with van der Waals surface area (Å²) >= 11 is 0. The minimum absolute atomic E-state index is 0.0143. The van der Waals surface area contributed by atoms with Crippen LogP contribution in [0.4, 0.5) is 0 Å². The second-order valence-electron chi connectivity index (χ2n) is 5.26. The van der Waals surface area contributed by atoms with Crippen LogP contribution in [-0.2, 0) is 0 Å². The van der Waals surface area contributed by atoms with Crippen molar-refractivity contribution in [1.29, 1.82) is 0 Å². The molecule has 3 heterocycles. The Bertz CT molecular complexity index is 629. The van der Waals surface area contributed by atoms with E-state index in [1.54, 1.807) is 18.6 Å². The Kier molecular flexibility index (Phi) is 3.92. The molecule has 5 nitrogen and oxygen atoms in total. The van der Waals surface area contributed by atoms with Crippen molar-refractivity contribution in [2.75, 3.05) is 19.6 Å². The van der Waals surface area contributed by atoms with Gasteiger partial charge in [0.25, 0.3) is 5.91 Å². The van der Waals surface area contributed by atoms with Crippen LogP contribution in [0.3, 0.4) is 0 Å². The molecule has 2 aromatic rings. The molecule has 1 saturated heterocycles. The van der Waals surface area contributed by atoms with Crippen LogP contribution in [-0.4, -0.2) is 40.4 Å². The lowest BCUT2D eigenvalue weighted by atomic mass is 10.0. The fourth-order valence-corrected chi connectivity index (χ4v) is 2.66. The average Bonchev–Trinajstić information content (AvgIpc) is 2.55. The van der Waals surface area contributed by atoms with Crippen LogP contribution in [0.25, 0.3) is 0 Å². The Labute approximate surface area is 124 Å². The predicted molar refractivity (Wildman–Crippen MR) is 79.9 cm³/mol. The first-order valence-electron chi connectivity index (χ1n) is 7.09. The first-order valence-corrected chi connectivity index (χ1v) is 7.09. The maximum absolute atomic E-state index is 12.8. The second kappa shape index (κ2) is 6.01. The van der Waals surface area contributed by atoms with Crippen molar-refractivity contribution < 1.29 is 4.79 Å². The molecule has 108 valence electrons. The molecular weight excluding hydrogens is 264 g/mol. The number of hydrogen-bond acceptors (Lipinski definition) is 4. The molecule has 1 amide bonds. The van der Waals surface area contributed by atoms with Gasteiger partial charge in [0.1, 0.15) is 0 Å². The number of aromatic nitrogens is 2. The Balaban J connectivity index is 1.89. The summed E-state index contributed by atoms with van der Waals surface area (Å²) < 4.78 is 0. The number of hydrogen-bond donors (Lipinski definition) is 1. The smallest absolute Gasteiger partial charge is 0.256 e. The summed E-state index contributed by atoms with van der Waals surface area (Å²) in [6, 6.07) is 5.82. The summed E-state index contributed by atoms with van der Waals surface area (Å²) in [6.45, 7) is 4.19. The molecule has 1 atom stereocenters. The molecule has 1 fully saturated rings. The van der Waals surface area contributed by atoms with Gasteiger partial charge in [-0.05, 0) is 30.2 Å². The Morgan fingerprint density at radius 1 is 1.33 bits per heavy atom. The molecule has 1 aliphatic rings. The number of nitrogens with zero attached hydrogens (tertiary/aromatic N) is 3. The average molecular weight is 282 g/mol. The number of carbonyl (C=O) groups excluding carboxylic acids is 1. The molecule has 5 heteroatoms. The van der Waals surface area contributed by atoms with Crippen LogP contribution in [0.1, 0.15) is 27.5 Å². The van der Waals surface area contributed by atoms with E-state index in [0.29, 0.717) is 12.1 Å². The van der Waals surface area contributed by atoms with Crippen LogP contribution < -0.4 is 5.32 Å². The number of nitrogens with one attached hydrogen (secondary N) is 1. The fraction of sp³-hybridized carbons (Fsp3) is 0.312. The molecule has 0 aliphatic carbocycles. The highest BCUT2D eigenvalue weighted by Gasteiger charge is 2.28. The van der Waals surface area contributed by atoms with E-state index in [0.717, 1.165) is 24.2 Å². The zero-order valence-corrected chi connectivity index (χ0v) is 12.0. The largest absolute Gasteiger partial charge is 0.329 e. The van der Waals surface area contributed by atoms with Crippen LogP contribution in [0, 0.1) is 6.92 Å². The number of carbonyl (C=O) groups is 1. The molecule has 2 aromatic heterocycles. The molecule has 1 N–H and O–H groups in total. The molecule has 1 aliphatic heterocycles. The molecule has 21 heavy (non-hydrogen) atoms. The number of piperazine rings is 1. The van der Waals surface area contributed by atoms with Crippen LogP contribution in [0.15, 0.2) is 43.0 Å². The molecule has 0 radical (unpaired) electrons. The van der Waals surface area contributed by atoms with E-state index < -0.39 is 0 Å². The summed E-state index contributed by atoms with van der Waals surface area (Å²) in [6.07, 6.45) is 6.97. The molecule has 0 aromatic carbocycles. The van der Waals surface area contributed by atoms with Gasteiger partial charge in [0.2, 0.25) is 0 Å². The molecule has 0 saturated carbocycles. The van der Waals surface area contributed by atoms with Crippen molar-refractivity contribution in [1.82, 2.24) is 20.2 Å². The lowest BCUT2D eigenvalue weighted by molar-refractivity contribution is 0.0633. The zero-order valence-electron chi connectivity index (χ0n) is 12.0. The molecule has 0 spiro atoms. The lowest BCUT2D eigenvalue weighted by Gasteiger charge is -2.36. The summed E-state index contributed by atoms with van der Waals surface area (Å²) in [5.74, 6) is 0.0292. The summed E-state index contributed by atoms with van der Waals surface area (Å²) in [5.41, 5.74) is 2.69. The third kappa shape index (κ3) is 2.92. The van der Waals surface area contributed by atoms with Crippen molar-refractivity contribution in [2.45, 2.75) is 13.0 Å². The summed E-state index contributed by atoms with van der Waals surface area (Å²) in [5, 5.41) is 3.34. The Morgan fingerprint density at radius 2 is 2.24 bits per heavy atom. The first kappa shape index (κ1) is 13.7. The van der Waals surface area contributed by atoms with E-state index in [9.17, 15) is 4.79 Å². The van der Waals surface area contributed by atoms with Crippen molar-refractivity contribution in [3.8, 4) is 0 Å². The molecular formula is C16H18N4O. The van der Waals surface area contributed by atoms with Crippen LogP contribution in [0.5, 0.6) is 0 Å². The Morgan fingerprint density at radius 3 is 3.00 bits per heavy atom. The van der Waals surface area contributed by atoms with Gasteiger partial charge in [0, 0.05) is 44.4 Å². The van der Waals surface area contributed by atoms with Crippen molar-refractivity contribution in [3.05, 3.63) is 59.7 Å². The van der Waals surface area contributed by atoms with Gasteiger partial charge in [-0.25, -0.2) is 0 Å². The SMILES string of the molecule is Cc1cncc(C(=O)N2CCNCC2c2cccnc2)c1. The van der Waals surface area contributed by atoms with Gasteiger partial charge in [0.05, 0.1) is 11.6 Å². The molecule has 0 bridgehead atoms. The molecule has 3 rings (SSSR count). The predicted octanol–water partition coefficient (Wildman–Crippen LogP) is 1.57. The standard InChI is InChI=1S/C16H18N4O/c1-12-7-14(10-19-8-12)16(21)20-6-5-18-11-15(20)13-3-2-4-17-9-13/h2-4,7-10,15,18H,5-6,11H2,1H3. The maximum Gasteiger partial charge on any atom is 0.256 e. The van der Waals surface area contributed by atoms with Crippen molar-refractivity contribution >= 4 is 5.91 Å². The topological polar surface area (TPSA) is 58.1 Å². The number of rotatable bonds is 2. The van der Waals surface area contributed by atoms with Gasteiger partial charge in [-0.2, -0.15) is 0 Å². The zero-order chi connectivity index (χ0) is 14.7. The van der Waals surface area contributed by atoms with E-state index in [2.05, 4.69) is 15.3 Å². The Hall–Kier alpha value is -2.27. The third-order valence-electron chi connectivity index (χ3n) is 3.70. The van der Waals surface area contributed by atoms with Gasteiger partial charge >= 0.3 is 0 Å². The minimum atomic E-state index is 0.0143. The number of aryl methyl sites for hydroxylation is 1. The van der Waals surface area contributed by atoms with Gasteiger partial charge in [-0.1, -0.05) is 6.07 Å². The highest BCUT2D eigenvalue weighted by atomic mass is 16.2. The first-order chi connectivity index (χ1) is 10.3. The van der Waals surface area contributed by atoms with Gasteiger partial charge in [-0.3, -0.25) is 14.8 Å². The normalized spacial score (nSPS) is 18.5. The summed E-state index contributed by atoms with van der Waals surface area (Å²) in [7, 11) is 0. The van der Waals surface area contributed by atoms with E-state index in [1.807, 2.05) is 36.2 Å². The summed E-state index contributed by atoms with van der Waals surface area (Å²) in [4.78, 5) is 23.0. The van der Waals surface area contributed by atoms with Gasteiger partial charge in [-0.15, -0.1) is 0 Å². The molecule has 1 unspecified atom stereocenters. The second-order valence-corrected chi connectivity index (χ2v) is 5.26. The monoisotopic (exact) mass is 282 g/mol.